The third-order valence-corrected chi connectivity index (χ3v) is 4.91. The van der Waals surface area contributed by atoms with E-state index >= 15 is 0 Å². The molecule has 0 aliphatic heterocycles. The molecular weight excluding hydrogens is 368 g/mol. The number of aliphatic hydroxyl groups is 1. The Bertz CT molecular complexity index is 740. The number of aliphatic carboxylic acids is 1. The maximum Gasteiger partial charge on any atom is 0.326 e. The zero-order valence-corrected chi connectivity index (χ0v) is 16.9. The van der Waals surface area contributed by atoms with Gasteiger partial charge in [-0.25, -0.2) is 4.79 Å². The van der Waals surface area contributed by atoms with Crippen molar-refractivity contribution >= 4 is 11.9 Å². The molecule has 156 valence electrons. The Labute approximate surface area is 171 Å². The van der Waals surface area contributed by atoms with Crippen LogP contribution in [0.4, 0.5) is 0 Å². The SMILES string of the molecule is CC(C)C[C@H](NC(=O)[C@@H](O)[C@H](N)CC(c1ccccc1)c1ccccc1)C(=O)O. The predicted octanol–water partition coefficient (Wildman–Crippen LogP) is 2.51. The van der Waals surface area contributed by atoms with E-state index in [-0.39, 0.29) is 18.3 Å². The number of nitrogens with one attached hydrogen (secondary N) is 1. The molecule has 0 aliphatic carbocycles. The summed E-state index contributed by atoms with van der Waals surface area (Å²) in [5, 5.41) is 22.2. The quantitative estimate of drug-likeness (QED) is 0.491. The van der Waals surface area contributed by atoms with Crippen molar-refractivity contribution in [3.8, 4) is 0 Å². The van der Waals surface area contributed by atoms with Crippen LogP contribution in [0.15, 0.2) is 60.7 Å². The largest absolute Gasteiger partial charge is 0.480 e. The second-order valence-corrected chi connectivity index (χ2v) is 7.75. The molecule has 2 aromatic rings. The Balaban J connectivity index is 2.13. The minimum atomic E-state index is -1.50. The Morgan fingerprint density at radius 3 is 1.83 bits per heavy atom. The topological polar surface area (TPSA) is 113 Å². The van der Waals surface area contributed by atoms with E-state index in [4.69, 9.17) is 5.73 Å². The molecule has 2 aromatic carbocycles. The van der Waals surface area contributed by atoms with Crippen LogP contribution < -0.4 is 11.1 Å². The van der Waals surface area contributed by atoms with Gasteiger partial charge in [-0.05, 0) is 29.9 Å². The Kier molecular flexibility index (Phi) is 8.36. The number of aliphatic hydroxyl groups excluding tert-OH is 1. The number of hydrogen-bond donors (Lipinski definition) is 4. The summed E-state index contributed by atoms with van der Waals surface area (Å²) in [5.74, 6) is -1.90. The average molecular weight is 399 g/mol. The standard InChI is InChI=1S/C23H30N2O4/c1-15(2)13-20(23(28)29)25-22(27)21(26)19(24)14-18(16-9-5-3-6-10-16)17-11-7-4-8-12-17/h3-12,15,18-21,26H,13-14,24H2,1-2H3,(H,25,27)(H,28,29)/t19-,20+,21+/m1/s1. The third-order valence-electron chi connectivity index (χ3n) is 4.91. The van der Waals surface area contributed by atoms with Gasteiger partial charge in [0.25, 0.3) is 5.91 Å². The predicted molar refractivity (Wildman–Crippen MR) is 112 cm³/mol. The highest BCUT2D eigenvalue weighted by Crippen LogP contribution is 2.29. The molecule has 0 radical (unpaired) electrons. The third kappa shape index (κ3) is 6.69. The second-order valence-electron chi connectivity index (χ2n) is 7.75. The first kappa shape index (κ1) is 22.6. The van der Waals surface area contributed by atoms with E-state index in [1.54, 1.807) is 0 Å². The van der Waals surface area contributed by atoms with E-state index in [2.05, 4.69) is 5.32 Å². The second kappa shape index (κ2) is 10.7. The zero-order chi connectivity index (χ0) is 21.4. The summed E-state index contributed by atoms with van der Waals surface area (Å²) < 4.78 is 0. The molecule has 0 saturated heterocycles. The number of carbonyl (C=O) groups is 2. The first-order valence-corrected chi connectivity index (χ1v) is 9.86. The van der Waals surface area contributed by atoms with Gasteiger partial charge in [0, 0.05) is 12.0 Å². The van der Waals surface area contributed by atoms with Crippen LogP contribution in [0, 0.1) is 5.92 Å². The van der Waals surface area contributed by atoms with Crippen LogP contribution in [-0.2, 0) is 9.59 Å². The summed E-state index contributed by atoms with van der Waals surface area (Å²) in [6, 6.07) is 17.6. The number of nitrogens with two attached hydrogens (primary N) is 1. The fourth-order valence-electron chi connectivity index (χ4n) is 3.38. The fourth-order valence-corrected chi connectivity index (χ4v) is 3.38. The first-order valence-electron chi connectivity index (χ1n) is 9.86. The molecule has 0 aromatic heterocycles. The minimum absolute atomic E-state index is 0.0859. The lowest BCUT2D eigenvalue weighted by atomic mass is 9.85. The van der Waals surface area contributed by atoms with Crippen LogP contribution >= 0.6 is 0 Å². The smallest absolute Gasteiger partial charge is 0.326 e. The van der Waals surface area contributed by atoms with Gasteiger partial charge in [-0.15, -0.1) is 0 Å². The number of hydrogen-bond acceptors (Lipinski definition) is 4. The molecule has 0 fully saturated rings. The van der Waals surface area contributed by atoms with E-state index in [1.165, 1.54) is 0 Å². The summed E-state index contributed by atoms with van der Waals surface area (Å²) in [5.41, 5.74) is 8.25. The average Bonchev–Trinajstić information content (AvgIpc) is 2.71. The first-order chi connectivity index (χ1) is 13.8. The summed E-state index contributed by atoms with van der Waals surface area (Å²) in [7, 11) is 0. The van der Waals surface area contributed by atoms with Gasteiger partial charge in [0.15, 0.2) is 0 Å². The normalized spacial score (nSPS) is 14.4. The molecule has 2 rings (SSSR count). The van der Waals surface area contributed by atoms with Gasteiger partial charge in [-0.2, -0.15) is 0 Å². The van der Waals surface area contributed by atoms with Crippen LogP contribution in [0.3, 0.4) is 0 Å². The molecule has 0 spiro atoms. The lowest BCUT2D eigenvalue weighted by molar-refractivity contribution is -0.144. The number of carbonyl (C=O) groups excluding carboxylic acids is 1. The van der Waals surface area contributed by atoms with Crippen molar-refractivity contribution in [1.82, 2.24) is 5.32 Å². The lowest BCUT2D eigenvalue weighted by Gasteiger charge is -2.26. The molecule has 0 bridgehead atoms. The van der Waals surface area contributed by atoms with E-state index in [0.29, 0.717) is 6.42 Å². The Hall–Kier alpha value is -2.70. The molecule has 0 saturated carbocycles. The molecule has 0 aliphatic rings. The van der Waals surface area contributed by atoms with Crippen molar-refractivity contribution < 1.29 is 19.8 Å². The maximum absolute atomic E-state index is 12.4. The minimum Gasteiger partial charge on any atom is -0.480 e. The van der Waals surface area contributed by atoms with Crippen LogP contribution in [0.5, 0.6) is 0 Å². The van der Waals surface area contributed by atoms with E-state index in [9.17, 15) is 19.8 Å². The molecule has 5 N–H and O–H groups in total. The van der Waals surface area contributed by atoms with Crippen molar-refractivity contribution in [1.29, 1.82) is 0 Å². The van der Waals surface area contributed by atoms with Gasteiger partial charge in [0.2, 0.25) is 0 Å². The highest BCUT2D eigenvalue weighted by molar-refractivity contribution is 5.86. The molecule has 6 nitrogen and oxygen atoms in total. The Morgan fingerprint density at radius 2 is 1.41 bits per heavy atom. The molecular formula is C23H30N2O4. The highest BCUT2D eigenvalue weighted by atomic mass is 16.4. The van der Waals surface area contributed by atoms with Crippen molar-refractivity contribution in [2.45, 2.75) is 50.8 Å². The molecule has 29 heavy (non-hydrogen) atoms. The number of amides is 1. The summed E-state index contributed by atoms with van der Waals surface area (Å²) in [4.78, 5) is 23.8. The summed E-state index contributed by atoms with van der Waals surface area (Å²) >= 11 is 0. The number of carboxylic acids is 1. The van der Waals surface area contributed by atoms with Gasteiger partial charge in [0.1, 0.15) is 12.1 Å². The Morgan fingerprint density at radius 1 is 0.931 bits per heavy atom. The molecule has 6 heteroatoms. The summed E-state index contributed by atoms with van der Waals surface area (Å²) in [6.45, 7) is 3.74. The highest BCUT2D eigenvalue weighted by Gasteiger charge is 2.30. The van der Waals surface area contributed by atoms with Crippen molar-refractivity contribution in [3.63, 3.8) is 0 Å². The molecule has 0 unspecified atom stereocenters. The van der Waals surface area contributed by atoms with Gasteiger partial charge in [0.05, 0.1) is 0 Å². The van der Waals surface area contributed by atoms with Crippen molar-refractivity contribution in [3.05, 3.63) is 71.8 Å². The molecule has 0 heterocycles. The van der Waals surface area contributed by atoms with Crippen molar-refractivity contribution in [2.24, 2.45) is 11.7 Å². The van der Waals surface area contributed by atoms with E-state index < -0.39 is 30.1 Å². The van der Waals surface area contributed by atoms with Crippen LogP contribution in [-0.4, -0.2) is 40.3 Å². The number of rotatable bonds is 10. The molecule has 3 atom stereocenters. The maximum atomic E-state index is 12.4. The van der Waals surface area contributed by atoms with E-state index in [1.807, 2.05) is 74.5 Å². The van der Waals surface area contributed by atoms with Gasteiger partial charge >= 0.3 is 5.97 Å². The molecule has 1 amide bonds. The van der Waals surface area contributed by atoms with Gasteiger partial charge in [-0.3, -0.25) is 4.79 Å². The number of benzene rings is 2. The monoisotopic (exact) mass is 398 g/mol. The van der Waals surface area contributed by atoms with Crippen LogP contribution in [0.1, 0.15) is 43.7 Å². The fraction of sp³-hybridized carbons (Fsp3) is 0.391. The zero-order valence-electron chi connectivity index (χ0n) is 16.9. The number of carboxylic acid groups (broad SMARTS) is 1. The van der Waals surface area contributed by atoms with Crippen LogP contribution in [0.2, 0.25) is 0 Å². The van der Waals surface area contributed by atoms with Crippen molar-refractivity contribution in [2.75, 3.05) is 0 Å². The lowest BCUT2D eigenvalue weighted by Crippen LogP contribution is -2.52. The van der Waals surface area contributed by atoms with Crippen LogP contribution in [0.25, 0.3) is 0 Å². The van der Waals surface area contributed by atoms with Gasteiger partial charge < -0.3 is 21.3 Å². The van der Waals surface area contributed by atoms with E-state index in [0.717, 1.165) is 11.1 Å². The van der Waals surface area contributed by atoms with Gasteiger partial charge in [-0.1, -0.05) is 74.5 Å². The summed E-state index contributed by atoms with van der Waals surface area (Å²) in [6.07, 6.45) is -0.886.